The minimum absolute atomic E-state index is 0.100. The maximum Gasteiger partial charge on any atom is 0.278 e. The molecule has 2 unspecified atom stereocenters. The molecule has 9 heteroatoms. The van der Waals surface area contributed by atoms with Gasteiger partial charge < -0.3 is 4.90 Å². The summed E-state index contributed by atoms with van der Waals surface area (Å²) in [5.41, 5.74) is 1.21. The minimum atomic E-state index is -0.514. The van der Waals surface area contributed by atoms with Gasteiger partial charge in [0, 0.05) is 48.3 Å². The molecule has 2 bridgehead atoms. The number of hydrogen-bond donors (Lipinski definition) is 0. The Morgan fingerprint density at radius 1 is 1.23 bits per heavy atom. The highest BCUT2D eigenvalue weighted by Crippen LogP contribution is 2.33. The zero-order valence-corrected chi connectivity index (χ0v) is 18.9. The topological polar surface area (TPSA) is 66.7 Å². The average molecular weight is 509 g/mol. The smallest absolute Gasteiger partial charge is 0.278 e. The predicted octanol–water partition coefficient (Wildman–Crippen LogP) is 5.04. The van der Waals surface area contributed by atoms with Gasteiger partial charge in [-0.05, 0) is 58.6 Å². The van der Waals surface area contributed by atoms with Gasteiger partial charge in [-0.25, -0.2) is 4.39 Å². The predicted molar refractivity (Wildman–Crippen MR) is 120 cm³/mol. The number of rotatable bonds is 5. The van der Waals surface area contributed by atoms with Crippen LogP contribution in [0.15, 0.2) is 46.9 Å². The Hall–Kier alpha value is -2.29. The van der Waals surface area contributed by atoms with Crippen molar-refractivity contribution in [3.63, 3.8) is 0 Å². The lowest BCUT2D eigenvalue weighted by molar-refractivity contribution is -0.385. The number of carbonyl (C=O) groups excluding carboxylic acids is 1. The number of nitro groups is 1. The van der Waals surface area contributed by atoms with Gasteiger partial charge in [-0.1, -0.05) is 23.7 Å². The summed E-state index contributed by atoms with van der Waals surface area (Å²) in [4.78, 5) is 27.9. The Labute approximate surface area is 192 Å². The number of likely N-dealkylation sites (tertiary alicyclic amines) is 1. The van der Waals surface area contributed by atoms with Crippen LogP contribution < -0.4 is 0 Å². The van der Waals surface area contributed by atoms with Crippen LogP contribution in [0.25, 0.3) is 6.08 Å². The molecule has 2 heterocycles. The molecule has 0 aliphatic carbocycles. The first-order chi connectivity index (χ1) is 14.8. The van der Waals surface area contributed by atoms with Crippen LogP contribution in [0.5, 0.6) is 0 Å². The molecule has 2 aromatic rings. The Balaban J connectivity index is 1.45. The quantitative estimate of drug-likeness (QED) is 0.322. The van der Waals surface area contributed by atoms with Crippen molar-refractivity contribution in [1.29, 1.82) is 0 Å². The zero-order chi connectivity index (χ0) is 22.1. The lowest BCUT2D eigenvalue weighted by atomic mass is 10.1. The fraction of sp³-hybridized carbons (Fsp3) is 0.318. The maximum atomic E-state index is 13.1. The average Bonchev–Trinajstić information content (AvgIpc) is 3.00. The van der Waals surface area contributed by atoms with Crippen LogP contribution in [0.2, 0.25) is 5.02 Å². The highest BCUT2D eigenvalue weighted by molar-refractivity contribution is 9.10. The minimum Gasteiger partial charge on any atom is -0.331 e. The van der Waals surface area contributed by atoms with Crippen molar-refractivity contribution in [3.8, 4) is 0 Å². The van der Waals surface area contributed by atoms with Crippen LogP contribution in [0.3, 0.4) is 0 Å². The van der Waals surface area contributed by atoms with Gasteiger partial charge >= 0.3 is 0 Å². The molecule has 6 nitrogen and oxygen atoms in total. The fourth-order valence-electron chi connectivity index (χ4n) is 4.42. The van der Waals surface area contributed by atoms with E-state index in [2.05, 4.69) is 20.8 Å². The normalized spacial score (nSPS) is 21.1. The summed E-state index contributed by atoms with van der Waals surface area (Å²) >= 11 is 9.24. The third kappa shape index (κ3) is 4.81. The molecular weight excluding hydrogens is 489 g/mol. The monoisotopic (exact) mass is 507 g/mol. The van der Waals surface area contributed by atoms with E-state index in [1.807, 2.05) is 4.90 Å². The first-order valence-corrected chi connectivity index (χ1v) is 11.1. The fourth-order valence-corrected chi connectivity index (χ4v) is 4.94. The molecule has 162 valence electrons. The third-order valence-corrected chi connectivity index (χ3v) is 7.00. The molecule has 0 saturated carbocycles. The van der Waals surface area contributed by atoms with Gasteiger partial charge in [0.2, 0.25) is 5.91 Å². The van der Waals surface area contributed by atoms with Crippen molar-refractivity contribution in [2.75, 3.05) is 13.1 Å². The summed E-state index contributed by atoms with van der Waals surface area (Å²) in [6, 6.07) is 9.51. The van der Waals surface area contributed by atoms with Crippen LogP contribution in [0.1, 0.15) is 24.0 Å². The number of benzene rings is 2. The molecule has 0 spiro atoms. The summed E-state index contributed by atoms with van der Waals surface area (Å²) in [6.45, 7) is 2.22. The van der Waals surface area contributed by atoms with Crippen molar-refractivity contribution < 1.29 is 14.1 Å². The SMILES string of the molecule is O=C(C=Cc1cc(Br)c(Cl)cc1[N+](=O)[O-])N1C2CCC1CN(Cc1ccc(F)cc1)C2. The maximum absolute atomic E-state index is 13.1. The van der Waals surface area contributed by atoms with E-state index >= 15 is 0 Å². The third-order valence-electron chi connectivity index (χ3n) is 5.80. The zero-order valence-electron chi connectivity index (χ0n) is 16.5. The van der Waals surface area contributed by atoms with Gasteiger partial charge in [-0.3, -0.25) is 19.8 Å². The number of nitro benzene ring substituents is 1. The molecule has 1 amide bonds. The summed E-state index contributed by atoms with van der Waals surface area (Å²) in [5.74, 6) is -0.395. The van der Waals surface area contributed by atoms with Gasteiger partial charge in [-0.2, -0.15) is 0 Å². The Morgan fingerprint density at radius 3 is 2.48 bits per heavy atom. The molecule has 31 heavy (non-hydrogen) atoms. The van der Waals surface area contributed by atoms with Gasteiger partial charge in [0.05, 0.1) is 15.5 Å². The van der Waals surface area contributed by atoms with Crippen molar-refractivity contribution >= 4 is 45.2 Å². The van der Waals surface area contributed by atoms with E-state index in [1.54, 1.807) is 18.2 Å². The summed E-state index contributed by atoms with van der Waals surface area (Å²) < 4.78 is 13.7. The number of carbonyl (C=O) groups is 1. The second-order valence-corrected chi connectivity index (χ2v) is 9.13. The Bertz CT molecular complexity index is 1030. The molecule has 0 radical (unpaired) electrons. The molecule has 0 N–H and O–H groups in total. The van der Waals surface area contributed by atoms with Crippen LogP contribution in [-0.4, -0.2) is 45.8 Å². The van der Waals surface area contributed by atoms with Crippen molar-refractivity contribution in [3.05, 3.63) is 79.0 Å². The Morgan fingerprint density at radius 2 is 1.87 bits per heavy atom. The number of halogens is 3. The summed E-state index contributed by atoms with van der Waals surface area (Å²) in [6.07, 6.45) is 4.74. The first-order valence-electron chi connectivity index (χ1n) is 9.92. The lowest BCUT2D eigenvalue weighted by Crippen LogP contribution is -2.55. The van der Waals surface area contributed by atoms with Gasteiger partial charge in [0.1, 0.15) is 5.82 Å². The van der Waals surface area contributed by atoms with E-state index in [4.69, 9.17) is 11.6 Å². The number of piperazine rings is 1. The van der Waals surface area contributed by atoms with Crippen molar-refractivity contribution in [2.24, 2.45) is 0 Å². The lowest BCUT2D eigenvalue weighted by Gasteiger charge is -2.40. The van der Waals surface area contributed by atoms with E-state index in [-0.39, 0.29) is 34.5 Å². The van der Waals surface area contributed by atoms with Crippen molar-refractivity contribution in [1.82, 2.24) is 9.80 Å². The van der Waals surface area contributed by atoms with Crippen LogP contribution >= 0.6 is 27.5 Å². The second kappa shape index (κ2) is 9.06. The Kier molecular flexibility index (Phi) is 6.41. The van der Waals surface area contributed by atoms with E-state index in [1.165, 1.54) is 30.4 Å². The molecule has 2 fully saturated rings. The second-order valence-electron chi connectivity index (χ2n) is 7.87. The highest BCUT2D eigenvalue weighted by atomic mass is 79.9. The molecule has 0 aromatic heterocycles. The number of hydrogen-bond acceptors (Lipinski definition) is 4. The molecular formula is C22H20BrClFN3O3. The molecule has 4 rings (SSSR count). The van der Waals surface area contributed by atoms with Crippen LogP contribution in [-0.2, 0) is 11.3 Å². The molecule has 2 aromatic carbocycles. The largest absolute Gasteiger partial charge is 0.331 e. The molecule has 2 saturated heterocycles. The number of fused-ring (bicyclic) bond motifs is 2. The van der Waals surface area contributed by atoms with E-state index in [0.29, 0.717) is 10.0 Å². The first kappa shape index (κ1) is 21.9. The molecule has 2 atom stereocenters. The molecule has 2 aliphatic heterocycles. The van der Waals surface area contributed by atoms with E-state index in [0.717, 1.165) is 38.0 Å². The van der Waals surface area contributed by atoms with Gasteiger partial charge in [-0.15, -0.1) is 0 Å². The van der Waals surface area contributed by atoms with Crippen LogP contribution in [0.4, 0.5) is 10.1 Å². The number of amides is 1. The van der Waals surface area contributed by atoms with Crippen LogP contribution in [0, 0.1) is 15.9 Å². The highest BCUT2D eigenvalue weighted by Gasteiger charge is 2.41. The van der Waals surface area contributed by atoms with Gasteiger partial charge in [0.15, 0.2) is 0 Å². The summed E-state index contributed by atoms with van der Waals surface area (Å²) in [7, 11) is 0. The van der Waals surface area contributed by atoms with Gasteiger partial charge in [0.25, 0.3) is 5.69 Å². The van der Waals surface area contributed by atoms with E-state index in [9.17, 15) is 19.3 Å². The number of nitrogens with zero attached hydrogens (tertiary/aromatic N) is 3. The summed E-state index contributed by atoms with van der Waals surface area (Å²) in [5, 5.41) is 11.6. The van der Waals surface area contributed by atoms with E-state index < -0.39 is 4.92 Å². The van der Waals surface area contributed by atoms with Crippen molar-refractivity contribution in [2.45, 2.75) is 31.5 Å². The molecule has 2 aliphatic rings. The standard InChI is InChI=1S/C22H20BrClFN3O3/c23-19-9-15(21(28(30)31)10-20(19)24)3-8-22(29)27-17-6-7-18(27)13-26(12-17)11-14-1-4-16(25)5-2-14/h1-5,8-10,17-18H,6-7,11-13H2.